The van der Waals surface area contributed by atoms with Gasteiger partial charge in [-0.25, -0.2) is 0 Å². The molecule has 0 atom stereocenters. The van der Waals surface area contributed by atoms with E-state index < -0.39 is 10.8 Å². The molecule has 102 valence electrons. The van der Waals surface area contributed by atoms with Crippen molar-refractivity contribution in [2.75, 3.05) is 5.73 Å². The maximum Gasteiger partial charge on any atom is 0.282 e. The number of amides is 1. The fourth-order valence-corrected chi connectivity index (χ4v) is 1.74. The second-order valence-electron chi connectivity index (χ2n) is 4.20. The summed E-state index contributed by atoms with van der Waals surface area (Å²) in [5.74, 6) is -0.478. The fourth-order valence-electron chi connectivity index (χ4n) is 1.74. The van der Waals surface area contributed by atoms with Crippen molar-refractivity contribution < 1.29 is 9.72 Å². The first kappa shape index (κ1) is 13.5. The highest BCUT2D eigenvalue weighted by Crippen LogP contribution is 2.17. The van der Waals surface area contributed by atoms with Crippen molar-refractivity contribution in [3.05, 3.63) is 69.8 Å². The summed E-state index contributed by atoms with van der Waals surface area (Å²) in [4.78, 5) is 22.2. The predicted octanol–water partition coefficient (Wildman–Crippen LogP) is 2.11. The molecule has 0 aliphatic heterocycles. The van der Waals surface area contributed by atoms with Gasteiger partial charge in [0.25, 0.3) is 11.6 Å². The van der Waals surface area contributed by atoms with Gasteiger partial charge in [0, 0.05) is 18.3 Å². The Balaban J connectivity index is 2.09. The summed E-state index contributed by atoms with van der Waals surface area (Å²) >= 11 is 0. The molecule has 2 rings (SSSR count). The highest BCUT2D eigenvalue weighted by atomic mass is 16.6. The molecule has 0 bridgehead atoms. The van der Waals surface area contributed by atoms with Gasteiger partial charge in [-0.1, -0.05) is 24.3 Å². The van der Waals surface area contributed by atoms with E-state index in [1.807, 2.05) is 0 Å². The number of nitrogen functional groups attached to an aromatic ring is 1. The fraction of sp³-hybridized carbons (Fsp3) is 0.0714. The Hall–Kier alpha value is -2.89. The van der Waals surface area contributed by atoms with Crippen LogP contribution in [0, 0.1) is 10.1 Å². The lowest BCUT2D eigenvalue weighted by Crippen LogP contribution is -2.23. The van der Waals surface area contributed by atoms with Crippen molar-refractivity contribution >= 4 is 17.3 Å². The number of benzene rings is 2. The molecule has 0 saturated carbocycles. The number of anilines is 1. The van der Waals surface area contributed by atoms with Crippen LogP contribution in [0.2, 0.25) is 0 Å². The molecule has 1 amide bonds. The largest absolute Gasteiger partial charge is 0.399 e. The number of carbonyl (C=O) groups is 1. The number of rotatable bonds is 4. The smallest absolute Gasteiger partial charge is 0.282 e. The first-order chi connectivity index (χ1) is 9.58. The normalized spacial score (nSPS) is 10.0. The number of nitro groups is 1. The van der Waals surface area contributed by atoms with Gasteiger partial charge in [-0.2, -0.15) is 0 Å². The average Bonchev–Trinajstić information content (AvgIpc) is 2.46. The summed E-state index contributed by atoms with van der Waals surface area (Å²) in [5.41, 5.74) is 6.91. The monoisotopic (exact) mass is 271 g/mol. The van der Waals surface area contributed by atoms with Crippen LogP contribution in [0.4, 0.5) is 11.4 Å². The van der Waals surface area contributed by atoms with Gasteiger partial charge < -0.3 is 11.1 Å². The first-order valence-corrected chi connectivity index (χ1v) is 5.94. The molecule has 20 heavy (non-hydrogen) atoms. The number of para-hydroxylation sites is 1. The van der Waals surface area contributed by atoms with Crippen LogP contribution in [0.25, 0.3) is 0 Å². The number of nitrogens with two attached hydrogens (primary N) is 1. The molecule has 0 fully saturated rings. The molecule has 0 heterocycles. The molecule has 0 saturated heterocycles. The van der Waals surface area contributed by atoms with Crippen molar-refractivity contribution in [2.24, 2.45) is 0 Å². The molecule has 0 radical (unpaired) electrons. The Morgan fingerprint density at radius 1 is 1.15 bits per heavy atom. The standard InChI is InChI=1S/C14H13N3O3/c15-11-7-5-10(6-8-11)9-16-14(18)12-3-1-2-4-13(12)17(19)20/h1-8H,9,15H2,(H,16,18). The van der Waals surface area contributed by atoms with Crippen LogP contribution >= 0.6 is 0 Å². The lowest BCUT2D eigenvalue weighted by molar-refractivity contribution is -0.385. The molecule has 6 heteroatoms. The summed E-state index contributed by atoms with van der Waals surface area (Å²) in [7, 11) is 0. The van der Waals surface area contributed by atoms with Crippen LogP contribution in [0.1, 0.15) is 15.9 Å². The van der Waals surface area contributed by atoms with Crippen LogP contribution in [0.3, 0.4) is 0 Å². The minimum atomic E-state index is -0.571. The minimum absolute atomic E-state index is 0.0490. The van der Waals surface area contributed by atoms with Crippen LogP contribution in [-0.4, -0.2) is 10.8 Å². The first-order valence-electron chi connectivity index (χ1n) is 5.94. The van der Waals surface area contributed by atoms with E-state index in [-0.39, 0.29) is 17.8 Å². The summed E-state index contributed by atoms with van der Waals surface area (Å²) in [6.45, 7) is 0.283. The molecule has 0 aliphatic carbocycles. The molecular formula is C14H13N3O3. The van der Waals surface area contributed by atoms with Crippen LogP contribution in [0.15, 0.2) is 48.5 Å². The Kier molecular flexibility index (Phi) is 3.95. The third kappa shape index (κ3) is 3.11. The highest BCUT2D eigenvalue weighted by Gasteiger charge is 2.18. The van der Waals surface area contributed by atoms with E-state index in [0.717, 1.165) is 5.56 Å². The number of nitrogens with zero attached hydrogens (tertiary/aromatic N) is 1. The lowest BCUT2D eigenvalue weighted by Gasteiger charge is -2.06. The third-order valence-corrected chi connectivity index (χ3v) is 2.78. The number of nitrogens with one attached hydrogen (secondary N) is 1. The van der Waals surface area contributed by atoms with Crippen LogP contribution < -0.4 is 11.1 Å². The van der Waals surface area contributed by atoms with Crippen molar-refractivity contribution in [3.8, 4) is 0 Å². The zero-order valence-electron chi connectivity index (χ0n) is 10.6. The lowest BCUT2D eigenvalue weighted by atomic mass is 10.1. The number of carbonyl (C=O) groups excluding carboxylic acids is 1. The summed E-state index contributed by atoms with van der Waals surface area (Å²) in [6, 6.07) is 12.9. The molecule has 0 aliphatic rings. The summed E-state index contributed by atoms with van der Waals surface area (Å²) in [6.07, 6.45) is 0. The second-order valence-corrected chi connectivity index (χ2v) is 4.20. The molecule has 0 spiro atoms. The molecule has 2 aromatic rings. The number of nitro benzene ring substituents is 1. The summed E-state index contributed by atoms with van der Waals surface area (Å²) in [5, 5.41) is 13.5. The molecule has 2 aromatic carbocycles. The molecule has 0 aromatic heterocycles. The number of hydrogen-bond donors (Lipinski definition) is 2. The SMILES string of the molecule is Nc1ccc(CNC(=O)c2ccccc2[N+](=O)[O-])cc1. The Morgan fingerprint density at radius 2 is 1.80 bits per heavy atom. The van der Waals surface area contributed by atoms with Gasteiger partial charge in [0.15, 0.2) is 0 Å². The van der Waals surface area contributed by atoms with E-state index in [9.17, 15) is 14.9 Å². The van der Waals surface area contributed by atoms with Crippen molar-refractivity contribution in [2.45, 2.75) is 6.54 Å². The Bertz CT molecular complexity index is 638. The molecular weight excluding hydrogens is 258 g/mol. The molecule has 3 N–H and O–H groups in total. The number of hydrogen-bond acceptors (Lipinski definition) is 4. The van der Waals surface area contributed by atoms with Gasteiger partial charge in [0.2, 0.25) is 0 Å². The van der Waals surface area contributed by atoms with Gasteiger partial charge in [0.1, 0.15) is 5.56 Å². The van der Waals surface area contributed by atoms with Crippen molar-refractivity contribution in [1.29, 1.82) is 0 Å². The zero-order valence-corrected chi connectivity index (χ0v) is 10.6. The van der Waals surface area contributed by atoms with Gasteiger partial charge in [-0.3, -0.25) is 14.9 Å². The molecule has 0 unspecified atom stereocenters. The van der Waals surface area contributed by atoms with E-state index in [1.54, 1.807) is 30.3 Å². The maximum atomic E-state index is 12.0. The van der Waals surface area contributed by atoms with Crippen molar-refractivity contribution in [1.82, 2.24) is 5.32 Å². The van der Waals surface area contributed by atoms with E-state index in [0.29, 0.717) is 5.69 Å². The Labute approximate surface area is 115 Å². The summed E-state index contributed by atoms with van der Waals surface area (Å²) < 4.78 is 0. The second kappa shape index (κ2) is 5.83. The van der Waals surface area contributed by atoms with E-state index in [1.165, 1.54) is 18.2 Å². The van der Waals surface area contributed by atoms with Crippen molar-refractivity contribution in [3.63, 3.8) is 0 Å². The topological polar surface area (TPSA) is 98.3 Å². The predicted molar refractivity (Wildman–Crippen MR) is 75.1 cm³/mol. The van der Waals surface area contributed by atoms with Crippen LogP contribution in [0.5, 0.6) is 0 Å². The van der Waals surface area contributed by atoms with E-state index in [2.05, 4.69) is 5.32 Å². The quantitative estimate of drug-likeness (QED) is 0.505. The Morgan fingerprint density at radius 3 is 2.45 bits per heavy atom. The van der Waals surface area contributed by atoms with Gasteiger partial charge >= 0.3 is 0 Å². The third-order valence-electron chi connectivity index (χ3n) is 2.78. The van der Waals surface area contributed by atoms with Gasteiger partial charge in [0.05, 0.1) is 4.92 Å². The highest BCUT2D eigenvalue weighted by molar-refractivity contribution is 5.98. The zero-order chi connectivity index (χ0) is 14.5. The van der Waals surface area contributed by atoms with E-state index in [4.69, 9.17) is 5.73 Å². The molecule has 6 nitrogen and oxygen atoms in total. The average molecular weight is 271 g/mol. The van der Waals surface area contributed by atoms with Gasteiger partial charge in [-0.15, -0.1) is 0 Å². The van der Waals surface area contributed by atoms with Crippen LogP contribution in [-0.2, 0) is 6.54 Å². The van der Waals surface area contributed by atoms with Gasteiger partial charge in [-0.05, 0) is 23.8 Å². The van der Waals surface area contributed by atoms with E-state index >= 15 is 0 Å². The maximum absolute atomic E-state index is 12.0. The minimum Gasteiger partial charge on any atom is -0.399 e.